The molecular weight excluding hydrogens is 564 g/mol. The largest absolute Gasteiger partial charge is 0.490 e. The molecule has 1 fully saturated rings. The highest BCUT2D eigenvalue weighted by molar-refractivity contribution is 5.93. The number of methoxy groups -OCH3 is 1. The van der Waals surface area contributed by atoms with Gasteiger partial charge in [-0.15, -0.1) is 0 Å². The summed E-state index contributed by atoms with van der Waals surface area (Å²) in [5.74, 6) is -0.873. The number of hydrazone groups is 1. The fraction of sp³-hybridized carbons (Fsp3) is 0.636. The summed E-state index contributed by atoms with van der Waals surface area (Å²) in [7, 11) is 3.67. The molecule has 3 atom stereocenters. The van der Waals surface area contributed by atoms with Gasteiger partial charge in [0, 0.05) is 84.1 Å². The maximum atomic E-state index is 15.3. The first-order valence-electron chi connectivity index (χ1n) is 15.9. The lowest BCUT2D eigenvalue weighted by Crippen LogP contribution is -2.45. The van der Waals surface area contributed by atoms with E-state index >= 15 is 4.39 Å². The molecule has 0 radical (unpaired) electrons. The number of imidazole rings is 1. The van der Waals surface area contributed by atoms with Gasteiger partial charge in [0.05, 0.1) is 30.3 Å². The summed E-state index contributed by atoms with van der Waals surface area (Å²) in [6, 6.07) is 2.95. The molecule has 0 bridgehead atoms. The van der Waals surface area contributed by atoms with Gasteiger partial charge in [-0.1, -0.05) is 20.8 Å². The van der Waals surface area contributed by atoms with Crippen LogP contribution in [0.3, 0.4) is 0 Å². The molecule has 242 valence electrons. The van der Waals surface area contributed by atoms with E-state index < -0.39 is 11.6 Å². The van der Waals surface area contributed by atoms with Crippen molar-refractivity contribution < 1.29 is 18.3 Å². The number of benzene rings is 1. The maximum absolute atomic E-state index is 15.3. The van der Waals surface area contributed by atoms with E-state index in [4.69, 9.17) is 14.6 Å². The second-order valence-electron chi connectivity index (χ2n) is 13.3. The summed E-state index contributed by atoms with van der Waals surface area (Å²) < 4.78 is 43.9. The maximum Gasteiger partial charge on any atom is 0.201 e. The lowest BCUT2D eigenvalue weighted by molar-refractivity contribution is 0.0644. The van der Waals surface area contributed by atoms with Crippen LogP contribution in [0.5, 0.6) is 5.75 Å². The number of halogens is 2. The van der Waals surface area contributed by atoms with Gasteiger partial charge in [0.2, 0.25) is 5.82 Å². The summed E-state index contributed by atoms with van der Waals surface area (Å²) in [6.07, 6.45) is 5.72. The topological polar surface area (TPSA) is 79.2 Å². The van der Waals surface area contributed by atoms with Crippen molar-refractivity contribution in [3.05, 3.63) is 47.0 Å². The van der Waals surface area contributed by atoms with Crippen molar-refractivity contribution in [1.29, 1.82) is 0 Å². The number of hydrogen-bond donors (Lipinski definition) is 2. The Morgan fingerprint density at radius 1 is 1.16 bits per heavy atom. The normalized spacial score (nSPS) is 21.7. The highest BCUT2D eigenvalue weighted by Gasteiger charge is 2.41. The van der Waals surface area contributed by atoms with E-state index in [-0.39, 0.29) is 35.8 Å². The smallest absolute Gasteiger partial charge is 0.201 e. The number of fused-ring (bicyclic) bond motifs is 1. The van der Waals surface area contributed by atoms with E-state index in [9.17, 15) is 4.39 Å². The zero-order valence-corrected chi connectivity index (χ0v) is 27.1. The van der Waals surface area contributed by atoms with Crippen LogP contribution in [0.15, 0.2) is 23.4 Å². The van der Waals surface area contributed by atoms with Crippen LogP contribution in [0, 0.1) is 23.0 Å². The number of aromatic nitrogens is 2. The average Bonchev–Trinajstić information content (AvgIpc) is 3.53. The Balaban J connectivity index is 1.28. The van der Waals surface area contributed by atoms with Crippen LogP contribution in [-0.2, 0) is 17.7 Å². The van der Waals surface area contributed by atoms with E-state index in [0.717, 1.165) is 62.1 Å². The van der Waals surface area contributed by atoms with Crippen molar-refractivity contribution in [2.75, 3.05) is 60.0 Å². The first-order chi connectivity index (χ1) is 21.1. The predicted molar refractivity (Wildman–Crippen MR) is 171 cm³/mol. The molecule has 0 aliphatic carbocycles. The monoisotopic (exact) mass is 613 g/mol. The summed E-state index contributed by atoms with van der Waals surface area (Å²) in [4.78, 5) is 7.08. The highest BCUT2D eigenvalue weighted by Crippen LogP contribution is 2.37. The lowest BCUT2D eigenvalue weighted by atomic mass is 9.79. The van der Waals surface area contributed by atoms with Gasteiger partial charge in [-0.05, 0) is 42.9 Å². The number of piperazine rings is 1. The molecule has 2 N–H and O–H groups in total. The van der Waals surface area contributed by atoms with Gasteiger partial charge in [-0.3, -0.25) is 9.91 Å². The predicted octanol–water partition coefficient (Wildman–Crippen LogP) is 4.24. The molecule has 44 heavy (non-hydrogen) atoms. The quantitative estimate of drug-likeness (QED) is 0.347. The van der Waals surface area contributed by atoms with E-state index in [1.807, 2.05) is 24.5 Å². The van der Waals surface area contributed by atoms with E-state index in [1.165, 1.54) is 6.07 Å². The summed E-state index contributed by atoms with van der Waals surface area (Å²) >= 11 is 0. The molecule has 3 aliphatic rings. The lowest BCUT2D eigenvalue weighted by Gasteiger charge is -2.32. The number of aryl methyl sites for hydroxylation is 1. The zero-order valence-electron chi connectivity index (χ0n) is 27.1. The van der Waals surface area contributed by atoms with E-state index in [0.29, 0.717) is 31.4 Å². The van der Waals surface area contributed by atoms with Crippen molar-refractivity contribution in [3.8, 4) is 5.75 Å². The third kappa shape index (κ3) is 7.17. The number of allylic oxidation sites excluding steroid dienone is 1. The Hall–Kier alpha value is -2.86. The van der Waals surface area contributed by atoms with Gasteiger partial charge in [0.1, 0.15) is 11.9 Å². The molecule has 1 saturated heterocycles. The second kappa shape index (κ2) is 14.1. The molecule has 3 aliphatic heterocycles. The fourth-order valence-corrected chi connectivity index (χ4v) is 6.59. The zero-order chi connectivity index (χ0) is 31.4. The molecular formula is C33H49F2N7O2. The molecule has 0 saturated carbocycles. The van der Waals surface area contributed by atoms with Crippen molar-refractivity contribution >= 4 is 17.5 Å². The number of nitrogens with one attached hydrogen (secondary N) is 2. The van der Waals surface area contributed by atoms with Gasteiger partial charge in [-0.2, -0.15) is 9.49 Å². The Morgan fingerprint density at radius 3 is 2.66 bits per heavy atom. The van der Waals surface area contributed by atoms with Gasteiger partial charge in [0.25, 0.3) is 0 Å². The van der Waals surface area contributed by atoms with Crippen LogP contribution in [0.25, 0.3) is 11.8 Å². The van der Waals surface area contributed by atoms with Crippen LogP contribution in [-0.4, -0.2) is 97.4 Å². The molecule has 5 rings (SSSR count). The molecule has 1 aromatic carbocycles. The van der Waals surface area contributed by atoms with E-state index in [1.54, 1.807) is 13.2 Å². The number of hydrogen-bond acceptors (Lipinski definition) is 8. The minimum Gasteiger partial charge on any atom is -0.490 e. The van der Waals surface area contributed by atoms with Crippen molar-refractivity contribution in [2.24, 2.45) is 16.4 Å². The first-order valence-corrected chi connectivity index (χ1v) is 15.9. The highest BCUT2D eigenvalue weighted by atomic mass is 19.2. The van der Waals surface area contributed by atoms with Crippen LogP contribution < -0.4 is 15.4 Å². The minimum absolute atomic E-state index is 0.0351. The van der Waals surface area contributed by atoms with Crippen LogP contribution in [0.4, 0.5) is 8.78 Å². The third-order valence-electron chi connectivity index (χ3n) is 9.16. The molecule has 0 spiro atoms. The average molecular weight is 614 g/mol. The van der Waals surface area contributed by atoms with Crippen molar-refractivity contribution in [3.63, 3.8) is 0 Å². The Kier molecular flexibility index (Phi) is 10.4. The van der Waals surface area contributed by atoms with Gasteiger partial charge in [-0.25, -0.2) is 9.37 Å². The molecule has 11 heteroatoms. The molecule has 1 aromatic heterocycles. The first kappa shape index (κ1) is 32.5. The van der Waals surface area contributed by atoms with Crippen molar-refractivity contribution in [1.82, 2.24) is 30.1 Å². The summed E-state index contributed by atoms with van der Waals surface area (Å²) in [5.41, 5.74) is 3.35. The van der Waals surface area contributed by atoms with Crippen LogP contribution in [0.1, 0.15) is 57.6 Å². The molecule has 9 nitrogen and oxygen atoms in total. The van der Waals surface area contributed by atoms with Gasteiger partial charge in [0.15, 0.2) is 11.6 Å². The van der Waals surface area contributed by atoms with Gasteiger partial charge < -0.3 is 24.7 Å². The SMILES string of the molecule is COC(C1=NN(C)C(C)C1CCOc1c(C2=Cn3c(CNCCN4CCNCC4)cnc3CC2)ccc(F)c1F)C(C)(C)C. The fourth-order valence-electron chi connectivity index (χ4n) is 6.59. The van der Waals surface area contributed by atoms with Crippen LogP contribution >= 0.6 is 0 Å². The standard InChI is InChI=1S/C33H49F2N7O2/c1-22-25(30(39-40(22)5)32(43-6)33(2,3)4)11-18-44-31-26(8-9-27(34)29(31)35)23-7-10-28-38-20-24(42(28)21-23)19-37-14-17-41-15-12-36-13-16-41/h8-9,20-22,25,32,36-37H,7,10-19H2,1-6H3. The summed E-state index contributed by atoms with van der Waals surface area (Å²) in [5, 5.41) is 13.7. The number of ether oxygens (including phenoxy) is 2. The summed E-state index contributed by atoms with van der Waals surface area (Å²) in [6.45, 7) is 15.5. The van der Waals surface area contributed by atoms with Gasteiger partial charge >= 0.3 is 0 Å². The molecule has 4 heterocycles. The number of nitrogens with zero attached hydrogens (tertiary/aromatic N) is 5. The van der Waals surface area contributed by atoms with E-state index in [2.05, 4.69) is 52.8 Å². The third-order valence-corrected chi connectivity index (χ3v) is 9.16. The van der Waals surface area contributed by atoms with Crippen LogP contribution in [0.2, 0.25) is 0 Å². The molecule has 3 unspecified atom stereocenters. The number of rotatable bonds is 12. The Bertz CT molecular complexity index is 1350. The second-order valence-corrected chi connectivity index (χ2v) is 13.3. The minimum atomic E-state index is -0.954. The molecule has 2 aromatic rings. The molecule has 0 amide bonds. The Morgan fingerprint density at radius 2 is 1.93 bits per heavy atom. The van der Waals surface area contributed by atoms with Crippen molar-refractivity contribution in [2.45, 2.75) is 65.6 Å². The Labute approximate surface area is 260 Å².